The van der Waals surface area contributed by atoms with E-state index >= 15 is 0 Å². The lowest BCUT2D eigenvalue weighted by Gasteiger charge is -2.16. The second kappa shape index (κ2) is 6.26. The molecule has 0 spiro atoms. The highest BCUT2D eigenvalue weighted by atomic mass is 35.5. The number of benzene rings is 1. The molecule has 0 amide bonds. The van der Waals surface area contributed by atoms with Gasteiger partial charge < -0.3 is 9.67 Å². The fourth-order valence-electron chi connectivity index (χ4n) is 3.32. The van der Waals surface area contributed by atoms with Crippen LogP contribution in [0.3, 0.4) is 0 Å². The van der Waals surface area contributed by atoms with Crippen LogP contribution in [0.15, 0.2) is 18.2 Å². The summed E-state index contributed by atoms with van der Waals surface area (Å²) in [6.45, 7) is 11.1. The zero-order valence-corrected chi connectivity index (χ0v) is 15.6. The lowest BCUT2D eigenvalue weighted by molar-refractivity contribution is 0.130. The van der Waals surface area contributed by atoms with Crippen molar-refractivity contribution in [1.29, 1.82) is 0 Å². The number of aryl methyl sites for hydroxylation is 3. The molecule has 2 aromatic heterocycles. The fraction of sp³-hybridized carbons (Fsp3) is 0.421. The number of aliphatic hydroxyl groups excluding tert-OH is 1. The largest absolute Gasteiger partial charge is 0.389 e. The van der Waals surface area contributed by atoms with Crippen molar-refractivity contribution in [2.24, 2.45) is 0 Å². The smallest absolute Gasteiger partial charge is 0.0914 e. The normalized spacial score (nSPS) is 13.0. The molecule has 0 aliphatic rings. The van der Waals surface area contributed by atoms with Crippen LogP contribution in [0.1, 0.15) is 28.2 Å². The molecule has 0 radical (unpaired) electrons. The van der Waals surface area contributed by atoms with Gasteiger partial charge in [0.2, 0.25) is 0 Å². The van der Waals surface area contributed by atoms with E-state index in [9.17, 15) is 5.11 Å². The van der Waals surface area contributed by atoms with Crippen LogP contribution in [0.2, 0.25) is 5.02 Å². The third-order valence-corrected chi connectivity index (χ3v) is 5.41. The van der Waals surface area contributed by atoms with Crippen molar-refractivity contribution < 1.29 is 5.11 Å². The predicted octanol–water partition coefficient (Wildman–Crippen LogP) is 4.09. The van der Waals surface area contributed by atoms with Crippen molar-refractivity contribution in [3.05, 3.63) is 51.4 Å². The Bertz CT molecular complexity index is 907. The monoisotopic (exact) mass is 345 g/mol. The van der Waals surface area contributed by atoms with Gasteiger partial charge in [0.05, 0.1) is 35.6 Å². The number of hydrogen-bond donors (Lipinski definition) is 1. The van der Waals surface area contributed by atoms with E-state index in [4.69, 9.17) is 11.6 Å². The lowest BCUT2D eigenvalue weighted by atomic mass is 10.1. The Balaban J connectivity index is 1.89. The van der Waals surface area contributed by atoms with Gasteiger partial charge in [-0.15, -0.1) is 0 Å². The number of halogens is 1. The number of aromatic nitrogens is 3. The molecule has 5 heteroatoms. The molecule has 1 atom stereocenters. The van der Waals surface area contributed by atoms with E-state index in [0.29, 0.717) is 18.1 Å². The first-order valence-corrected chi connectivity index (χ1v) is 8.61. The Hall–Kier alpha value is -1.78. The van der Waals surface area contributed by atoms with Crippen molar-refractivity contribution >= 4 is 22.5 Å². The van der Waals surface area contributed by atoms with Gasteiger partial charge in [-0.05, 0) is 52.3 Å². The van der Waals surface area contributed by atoms with Crippen LogP contribution in [-0.4, -0.2) is 25.6 Å². The Morgan fingerprint density at radius 1 is 1.08 bits per heavy atom. The van der Waals surface area contributed by atoms with Gasteiger partial charge in [-0.3, -0.25) is 4.68 Å². The van der Waals surface area contributed by atoms with Gasteiger partial charge in [-0.2, -0.15) is 5.10 Å². The van der Waals surface area contributed by atoms with Crippen molar-refractivity contribution in [1.82, 2.24) is 14.3 Å². The van der Waals surface area contributed by atoms with E-state index in [1.807, 2.05) is 13.8 Å². The SMILES string of the molecule is Cc1ccc2c(c1)c(C)c(C)n2C[C@@H](O)Cn1nc(C)c(Cl)c1C. The summed E-state index contributed by atoms with van der Waals surface area (Å²) in [5.41, 5.74) is 6.59. The lowest BCUT2D eigenvalue weighted by Crippen LogP contribution is -2.24. The highest BCUT2D eigenvalue weighted by Crippen LogP contribution is 2.27. The Morgan fingerprint density at radius 3 is 2.42 bits per heavy atom. The molecule has 0 aliphatic carbocycles. The fourth-order valence-corrected chi connectivity index (χ4v) is 3.46. The van der Waals surface area contributed by atoms with Gasteiger partial charge in [0.25, 0.3) is 0 Å². The number of nitrogens with zero attached hydrogens (tertiary/aromatic N) is 3. The molecule has 0 fully saturated rings. The van der Waals surface area contributed by atoms with Crippen molar-refractivity contribution in [3.63, 3.8) is 0 Å². The molecular weight excluding hydrogens is 322 g/mol. The maximum Gasteiger partial charge on any atom is 0.0914 e. The molecule has 24 heavy (non-hydrogen) atoms. The van der Waals surface area contributed by atoms with E-state index in [1.165, 1.54) is 27.7 Å². The zero-order valence-electron chi connectivity index (χ0n) is 14.9. The summed E-state index contributed by atoms with van der Waals surface area (Å²) in [4.78, 5) is 0. The third kappa shape index (κ3) is 2.85. The first kappa shape index (κ1) is 17.1. The van der Waals surface area contributed by atoms with E-state index in [1.54, 1.807) is 4.68 Å². The maximum absolute atomic E-state index is 10.6. The molecule has 0 saturated carbocycles. The Morgan fingerprint density at radius 2 is 1.79 bits per heavy atom. The van der Waals surface area contributed by atoms with E-state index < -0.39 is 6.10 Å². The van der Waals surface area contributed by atoms with Crippen LogP contribution >= 0.6 is 11.6 Å². The molecule has 0 bridgehead atoms. The minimum Gasteiger partial charge on any atom is -0.389 e. The quantitative estimate of drug-likeness (QED) is 0.773. The number of rotatable bonds is 4. The molecule has 1 N–H and O–H groups in total. The maximum atomic E-state index is 10.6. The summed E-state index contributed by atoms with van der Waals surface area (Å²) < 4.78 is 3.99. The predicted molar refractivity (Wildman–Crippen MR) is 98.9 cm³/mol. The standard InChI is InChI=1S/C19H24ClN3O/c1-11-6-7-18-17(8-11)12(2)14(4)22(18)9-16(24)10-23-15(5)19(20)13(3)21-23/h6-8,16,24H,9-10H2,1-5H3/t16-/m1/s1. The van der Waals surface area contributed by atoms with E-state index in [0.717, 1.165) is 11.4 Å². The first-order valence-electron chi connectivity index (χ1n) is 8.23. The second-order valence-electron chi connectivity index (χ2n) is 6.66. The van der Waals surface area contributed by atoms with E-state index in [-0.39, 0.29) is 0 Å². The molecular formula is C19H24ClN3O. The van der Waals surface area contributed by atoms with Gasteiger partial charge in [0, 0.05) is 16.6 Å². The molecule has 3 aromatic rings. The molecule has 4 nitrogen and oxygen atoms in total. The summed E-state index contributed by atoms with van der Waals surface area (Å²) >= 11 is 6.19. The molecule has 3 rings (SSSR count). The molecule has 0 unspecified atom stereocenters. The summed E-state index contributed by atoms with van der Waals surface area (Å²) in [5.74, 6) is 0. The summed E-state index contributed by atoms with van der Waals surface area (Å²) in [7, 11) is 0. The first-order chi connectivity index (χ1) is 11.3. The average Bonchev–Trinajstić information content (AvgIpc) is 2.90. The second-order valence-corrected chi connectivity index (χ2v) is 7.04. The summed E-state index contributed by atoms with van der Waals surface area (Å²) in [6.07, 6.45) is -0.533. The molecule has 2 heterocycles. The van der Waals surface area contributed by atoms with Gasteiger partial charge >= 0.3 is 0 Å². The number of fused-ring (bicyclic) bond motifs is 1. The van der Waals surface area contributed by atoms with Crippen LogP contribution in [0.5, 0.6) is 0 Å². The highest BCUT2D eigenvalue weighted by Gasteiger charge is 2.17. The Labute approximate surface area is 147 Å². The molecule has 1 aromatic carbocycles. The van der Waals surface area contributed by atoms with Crippen LogP contribution in [0, 0.1) is 34.6 Å². The molecule has 128 valence electrons. The van der Waals surface area contributed by atoms with Gasteiger partial charge in [-0.1, -0.05) is 23.2 Å². The van der Waals surface area contributed by atoms with Crippen molar-refractivity contribution in [2.45, 2.75) is 53.8 Å². The van der Waals surface area contributed by atoms with Gasteiger partial charge in [-0.25, -0.2) is 0 Å². The molecule has 0 aliphatic heterocycles. The molecule has 0 saturated heterocycles. The average molecular weight is 346 g/mol. The van der Waals surface area contributed by atoms with Crippen LogP contribution < -0.4 is 0 Å². The zero-order chi connectivity index (χ0) is 17.6. The topological polar surface area (TPSA) is 43.0 Å². The number of hydrogen-bond acceptors (Lipinski definition) is 2. The van der Waals surface area contributed by atoms with Crippen LogP contribution in [0.4, 0.5) is 0 Å². The highest BCUT2D eigenvalue weighted by molar-refractivity contribution is 6.31. The van der Waals surface area contributed by atoms with Crippen LogP contribution in [-0.2, 0) is 13.1 Å². The number of aliphatic hydroxyl groups is 1. The summed E-state index contributed by atoms with van der Waals surface area (Å²) in [5, 5.41) is 16.9. The van der Waals surface area contributed by atoms with Gasteiger partial charge in [0.15, 0.2) is 0 Å². The van der Waals surface area contributed by atoms with Crippen molar-refractivity contribution in [3.8, 4) is 0 Å². The minimum atomic E-state index is -0.533. The Kier molecular flexibility index (Phi) is 4.45. The third-order valence-electron chi connectivity index (χ3n) is 4.86. The van der Waals surface area contributed by atoms with Crippen molar-refractivity contribution in [2.75, 3.05) is 0 Å². The van der Waals surface area contributed by atoms with Gasteiger partial charge in [0.1, 0.15) is 0 Å². The summed E-state index contributed by atoms with van der Waals surface area (Å²) in [6, 6.07) is 6.46. The van der Waals surface area contributed by atoms with E-state index in [2.05, 4.69) is 48.6 Å². The van der Waals surface area contributed by atoms with Crippen LogP contribution in [0.25, 0.3) is 10.9 Å². The minimum absolute atomic E-state index is 0.434.